The second kappa shape index (κ2) is 11.8. The van der Waals surface area contributed by atoms with E-state index in [0.29, 0.717) is 24.2 Å². The van der Waals surface area contributed by atoms with E-state index in [2.05, 4.69) is 26.2 Å². The average Bonchev–Trinajstić information content (AvgIpc) is 3.69. The summed E-state index contributed by atoms with van der Waals surface area (Å²) in [6.07, 6.45) is -0.360. The summed E-state index contributed by atoms with van der Waals surface area (Å²) in [5.41, 5.74) is 2.47. The molecule has 1 heterocycles. The molecule has 1 saturated carbocycles. The number of hydrogen-bond acceptors (Lipinski definition) is 2. The molecule has 5 rings (SSSR count). The molecule has 3 amide bonds. The summed E-state index contributed by atoms with van der Waals surface area (Å²) in [7, 11) is 0. The Labute approximate surface area is 238 Å². The Morgan fingerprint density at radius 3 is 2.38 bits per heavy atom. The van der Waals surface area contributed by atoms with Gasteiger partial charge < -0.3 is 20.1 Å². The van der Waals surface area contributed by atoms with Crippen molar-refractivity contribution in [2.24, 2.45) is 0 Å². The molecule has 6 nitrogen and oxygen atoms in total. The minimum atomic E-state index is -4.44. The van der Waals surface area contributed by atoms with Crippen molar-refractivity contribution in [2.75, 3.05) is 18.4 Å². The lowest BCUT2D eigenvalue weighted by Crippen LogP contribution is -2.45. The van der Waals surface area contributed by atoms with E-state index < -0.39 is 11.7 Å². The van der Waals surface area contributed by atoms with Crippen molar-refractivity contribution in [1.82, 2.24) is 14.8 Å². The number of carbonyl (C=O) groups is 2. The van der Waals surface area contributed by atoms with Crippen LogP contribution in [0.2, 0.25) is 0 Å². The Kier molecular flexibility index (Phi) is 8.16. The van der Waals surface area contributed by atoms with E-state index in [9.17, 15) is 22.8 Å². The van der Waals surface area contributed by atoms with Crippen molar-refractivity contribution in [3.63, 3.8) is 0 Å². The summed E-state index contributed by atoms with van der Waals surface area (Å²) in [4.78, 5) is 33.3. The fourth-order valence-electron chi connectivity index (χ4n) is 4.65. The van der Waals surface area contributed by atoms with Crippen molar-refractivity contribution in [2.45, 2.75) is 38.0 Å². The van der Waals surface area contributed by atoms with Crippen LogP contribution in [-0.4, -0.2) is 45.9 Å². The van der Waals surface area contributed by atoms with Gasteiger partial charge in [-0.15, -0.1) is 0 Å². The van der Waals surface area contributed by atoms with Crippen molar-refractivity contribution >= 4 is 44.5 Å². The first-order valence-electron chi connectivity index (χ1n) is 13.0. The number of anilines is 1. The lowest BCUT2D eigenvalue weighted by Gasteiger charge is -2.28. The average molecular weight is 613 g/mol. The third-order valence-corrected chi connectivity index (χ3v) is 7.69. The molecule has 4 aromatic rings. The molecule has 208 valence electrons. The minimum Gasteiger partial charge on any atom is -0.361 e. The lowest BCUT2D eigenvalue weighted by molar-refractivity contribution is -0.137. The number of aromatic amines is 1. The van der Waals surface area contributed by atoms with Crippen molar-refractivity contribution in [1.29, 1.82) is 0 Å². The number of hydrogen-bond donors (Lipinski definition) is 2. The van der Waals surface area contributed by atoms with Crippen LogP contribution < -0.4 is 5.32 Å². The quantitative estimate of drug-likeness (QED) is 0.210. The third kappa shape index (κ3) is 6.67. The molecule has 0 unspecified atom stereocenters. The van der Waals surface area contributed by atoms with Gasteiger partial charge in [-0.05, 0) is 76.7 Å². The van der Waals surface area contributed by atoms with Crippen LogP contribution in [0.1, 0.15) is 29.5 Å². The van der Waals surface area contributed by atoms with Gasteiger partial charge in [0.1, 0.15) is 6.54 Å². The maximum Gasteiger partial charge on any atom is 0.416 e. The zero-order chi connectivity index (χ0) is 28.3. The second-order valence-corrected chi connectivity index (χ2v) is 10.7. The molecule has 10 heteroatoms. The van der Waals surface area contributed by atoms with Gasteiger partial charge in [0, 0.05) is 40.7 Å². The molecule has 0 aliphatic heterocycles. The van der Waals surface area contributed by atoms with Crippen LogP contribution in [0.15, 0.2) is 83.5 Å². The first-order valence-corrected chi connectivity index (χ1v) is 13.8. The Hall–Kier alpha value is -3.79. The third-order valence-electron chi connectivity index (χ3n) is 7.00. The number of carbonyl (C=O) groups excluding carboxylic acids is 2. The number of fused-ring (bicyclic) bond motifs is 1. The Morgan fingerprint density at radius 1 is 0.975 bits per heavy atom. The molecule has 0 spiro atoms. The van der Waals surface area contributed by atoms with Gasteiger partial charge in [0.05, 0.1) is 11.3 Å². The number of aromatic nitrogens is 1. The summed E-state index contributed by atoms with van der Waals surface area (Å²) in [6.45, 7) is 0.339. The standard InChI is InChI=1S/C30H28BrF3N4O2/c31-25-6-2-4-8-27(25)36-29(40)38(23-13-14-23)19-28(39)37(18-20-9-11-22(12-10-20)30(32,33)34)16-15-21-17-35-26-7-3-1-5-24(21)26/h1-12,17,23,35H,13-16,18-19H2,(H,36,40). The van der Waals surface area contributed by atoms with Crippen LogP contribution in [0.5, 0.6) is 0 Å². The first kappa shape index (κ1) is 27.8. The smallest absolute Gasteiger partial charge is 0.361 e. The monoisotopic (exact) mass is 612 g/mol. The lowest BCUT2D eigenvalue weighted by atomic mass is 10.1. The summed E-state index contributed by atoms with van der Waals surface area (Å²) in [6, 6.07) is 19.5. The van der Waals surface area contributed by atoms with E-state index in [-0.39, 0.29) is 31.1 Å². The highest BCUT2D eigenvalue weighted by atomic mass is 79.9. The molecule has 1 aliphatic rings. The number of urea groups is 1. The maximum absolute atomic E-state index is 13.7. The van der Waals surface area contributed by atoms with Gasteiger partial charge in [-0.3, -0.25) is 4.79 Å². The van der Waals surface area contributed by atoms with Crippen LogP contribution in [0, 0.1) is 0 Å². The normalized spacial score (nSPS) is 13.3. The molecule has 3 aromatic carbocycles. The number of alkyl halides is 3. The molecular weight excluding hydrogens is 585 g/mol. The van der Waals surface area contributed by atoms with Crippen molar-refractivity contribution in [3.8, 4) is 0 Å². The Balaban J connectivity index is 1.34. The zero-order valence-electron chi connectivity index (χ0n) is 21.5. The van der Waals surface area contributed by atoms with Gasteiger partial charge in [-0.2, -0.15) is 13.2 Å². The van der Waals surface area contributed by atoms with Gasteiger partial charge in [-0.25, -0.2) is 4.79 Å². The van der Waals surface area contributed by atoms with Gasteiger partial charge in [-0.1, -0.05) is 42.5 Å². The van der Waals surface area contributed by atoms with E-state index in [1.165, 1.54) is 12.1 Å². The summed E-state index contributed by atoms with van der Waals surface area (Å²) in [5.74, 6) is -0.270. The SMILES string of the molecule is O=C(CN(C(=O)Nc1ccccc1Br)C1CC1)N(CCc1c[nH]c2ccccc12)Cc1ccc(C(F)(F)F)cc1. The largest absolute Gasteiger partial charge is 0.416 e. The fraction of sp³-hybridized carbons (Fsp3) is 0.267. The molecule has 1 fully saturated rings. The topological polar surface area (TPSA) is 68.4 Å². The highest BCUT2D eigenvalue weighted by molar-refractivity contribution is 9.10. The minimum absolute atomic E-state index is 0.0343. The number of nitrogens with zero attached hydrogens (tertiary/aromatic N) is 2. The maximum atomic E-state index is 13.7. The van der Waals surface area contributed by atoms with Gasteiger partial charge >= 0.3 is 12.2 Å². The number of amides is 3. The van der Waals surface area contributed by atoms with E-state index in [4.69, 9.17) is 0 Å². The van der Waals surface area contributed by atoms with Gasteiger partial charge in [0.25, 0.3) is 0 Å². The van der Waals surface area contributed by atoms with Crippen molar-refractivity contribution < 1.29 is 22.8 Å². The molecule has 0 atom stereocenters. The molecule has 1 aliphatic carbocycles. The molecule has 1 aromatic heterocycles. The van der Waals surface area contributed by atoms with E-state index in [1.54, 1.807) is 15.9 Å². The number of H-pyrrole nitrogens is 1. The van der Waals surface area contributed by atoms with Crippen molar-refractivity contribution in [3.05, 3.63) is 100 Å². The van der Waals surface area contributed by atoms with Crippen LogP contribution in [0.4, 0.5) is 23.7 Å². The Morgan fingerprint density at radius 2 is 1.68 bits per heavy atom. The molecule has 2 N–H and O–H groups in total. The summed E-state index contributed by atoms with van der Waals surface area (Å²) < 4.78 is 40.0. The number of rotatable bonds is 9. The molecule has 0 saturated heterocycles. The molecular formula is C30H28BrF3N4O2. The first-order chi connectivity index (χ1) is 19.2. The van der Waals surface area contributed by atoms with Crippen LogP contribution >= 0.6 is 15.9 Å². The molecule has 0 bridgehead atoms. The van der Waals surface area contributed by atoms with E-state index in [0.717, 1.165) is 45.9 Å². The number of benzene rings is 3. The van der Waals surface area contributed by atoms with E-state index in [1.807, 2.05) is 48.7 Å². The highest BCUT2D eigenvalue weighted by Gasteiger charge is 2.35. The highest BCUT2D eigenvalue weighted by Crippen LogP contribution is 2.30. The van der Waals surface area contributed by atoms with Crippen LogP contribution in [0.3, 0.4) is 0 Å². The van der Waals surface area contributed by atoms with E-state index >= 15 is 0 Å². The fourth-order valence-corrected chi connectivity index (χ4v) is 5.04. The van der Waals surface area contributed by atoms with Crippen LogP contribution in [-0.2, 0) is 23.9 Å². The number of para-hydroxylation sites is 2. The molecule has 0 radical (unpaired) electrons. The zero-order valence-corrected chi connectivity index (χ0v) is 23.1. The predicted molar refractivity (Wildman–Crippen MR) is 152 cm³/mol. The number of halogens is 4. The number of nitrogens with one attached hydrogen (secondary N) is 2. The van der Waals surface area contributed by atoms with Gasteiger partial charge in [0.2, 0.25) is 5.91 Å². The van der Waals surface area contributed by atoms with Crippen LogP contribution in [0.25, 0.3) is 10.9 Å². The Bertz CT molecular complexity index is 1500. The predicted octanol–water partition coefficient (Wildman–Crippen LogP) is 7.22. The molecule has 40 heavy (non-hydrogen) atoms. The summed E-state index contributed by atoms with van der Waals surface area (Å²) in [5, 5.41) is 3.93. The summed E-state index contributed by atoms with van der Waals surface area (Å²) >= 11 is 3.43. The van der Waals surface area contributed by atoms with Gasteiger partial charge in [0.15, 0.2) is 0 Å². The second-order valence-electron chi connectivity index (χ2n) is 9.89.